The predicted octanol–water partition coefficient (Wildman–Crippen LogP) is 7.79. The van der Waals surface area contributed by atoms with E-state index in [-0.39, 0.29) is 0 Å². The Bertz CT molecular complexity index is 1270. The van der Waals surface area contributed by atoms with Gasteiger partial charge in [-0.15, -0.1) is 0 Å². The summed E-state index contributed by atoms with van der Waals surface area (Å²) in [6, 6.07) is 29.4. The van der Waals surface area contributed by atoms with Gasteiger partial charge in [-0.3, -0.25) is 0 Å². The highest BCUT2D eigenvalue weighted by molar-refractivity contribution is 6.36. The molecule has 0 saturated carbocycles. The number of nitriles is 1. The van der Waals surface area contributed by atoms with Crippen LogP contribution >= 0.6 is 23.2 Å². The van der Waals surface area contributed by atoms with Crippen molar-refractivity contribution in [1.29, 1.82) is 5.26 Å². The van der Waals surface area contributed by atoms with Gasteiger partial charge in [-0.05, 0) is 52.2 Å². The third kappa shape index (κ3) is 4.49. The highest BCUT2D eigenvalue weighted by Crippen LogP contribution is 2.28. The summed E-state index contributed by atoms with van der Waals surface area (Å²) < 4.78 is 5.98. The maximum atomic E-state index is 9.55. The van der Waals surface area contributed by atoms with Crippen molar-refractivity contribution in [2.75, 3.05) is 0 Å². The molecule has 0 saturated heterocycles. The fraction of sp³-hybridized carbons (Fsp3) is 0.0385. The molecule has 0 fully saturated rings. The summed E-state index contributed by atoms with van der Waals surface area (Å²) in [7, 11) is 0. The number of nitrogens with zero attached hydrogens (tertiary/aromatic N) is 1. The molecular formula is C26H17Cl2NO. The minimum absolute atomic E-state index is 0.449. The van der Waals surface area contributed by atoms with Crippen LogP contribution in [0.25, 0.3) is 22.4 Å². The molecule has 0 bridgehead atoms. The Labute approximate surface area is 185 Å². The van der Waals surface area contributed by atoms with Gasteiger partial charge in [-0.25, -0.2) is 0 Å². The summed E-state index contributed by atoms with van der Waals surface area (Å²) in [4.78, 5) is 0. The monoisotopic (exact) mass is 429 g/mol. The van der Waals surface area contributed by atoms with Gasteiger partial charge in [0.25, 0.3) is 0 Å². The quantitative estimate of drug-likeness (QED) is 0.239. The largest absolute Gasteiger partial charge is 0.489 e. The van der Waals surface area contributed by atoms with Crippen LogP contribution in [0.1, 0.15) is 16.7 Å². The van der Waals surface area contributed by atoms with E-state index in [9.17, 15) is 5.26 Å². The lowest BCUT2D eigenvalue weighted by molar-refractivity contribution is 0.307. The average Bonchev–Trinajstić information content (AvgIpc) is 2.77. The molecule has 4 aromatic rings. The van der Waals surface area contributed by atoms with E-state index < -0.39 is 0 Å². The second-order valence-corrected chi connectivity index (χ2v) is 7.63. The SMILES string of the molecule is N#C/C(=C\c1ccc(OCc2cccc3ccccc23)cc1)c1ccc(Cl)cc1Cl. The minimum Gasteiger partial charge on any atom is -0.489 e. The van der Waals surface area contributed by atoms with Gasteiger partial charge in [-0.2, -0.15) is 5.26 Å². The number of benzene rings is 4. The summed E-state index contributed by atoms with van der Waals surface area (Å²) in [6.07, 6.45) is 1.80. The van der Waals surface area contributed by atoms with Gasteiger partial charge in [0.15, 0.2) is 0 Å². The summed E-state index contributed by atoms with van der Waals surface area (Å²) in [5.41, 5.74) is 3.15. The van der Waals surface area contributed by atoms with Crippen LogP contribution in [0.3, 0.4) is 0 Å². The van der Waals surface area contributed by atoms with E-state index in [1.807, 2.05) is 42.5 Å². The minimum atomic E-state index is 0.449. The zero-order chi connectivity index (χ0) is 20.9. The van der Waals surface area contributed by atoms with E-state index in [2.05, 4.69) is 30.3 Å². The molecule has 0 spiro atoms. The molecule has 146 valence electrons. The van der Waals surface area contributed by atoms with Crippen molar-refractivity contribution in [3.8, 4) is 11.8 Å². The van der Waals surface area contributed by atoms with Crippen LogP contribution in [0.15, 0.2) is 84.9 Å². The summed E-state index contributed by atoms with van der Waals surface area (Å²) >= 11 is 12.2. The molecule has 0 N–H and O–H groups in total. The molecule has 0 aliphatic carbocycles. The predicted molar refractivity (Wildman–Crippen MR) is 125 cm³/mol. The van der Waals surface area contributed by atoms with E-state index in [1.165, 1.54) is 10.8 Å². The topological polar surface area (TPSA) is 33.0 Å². The maximum absolute atomic E-state index is 9.55. The normalized spacial score (nSPS) is 11.3. The molecular weight excluding hydrogens is 413 g/mol. The third-order valence-corrected chi connectivity index (χ3v) is 5.35. The van der Waals surface area contributed by atoms with E-state index in [0.717, 1.165) is 16.9 Å². The van der Waals surface area contributed by atoms with Crippen LogP contribution < -0.4 is 4.74 Å². The molecule has 30 heavy (non-hydrogen) atoms. The second kappa shape index (κ2) is 9.05. The van der Waals surface area contributed by atoms with Gasteiger partial charge in [0.1, 0.15) is 12.4 Å². The zero-order valence-electron chi connectivity index (χ0n) is 16.0. The van der Waals surface area contributed by atoms with Gasteiger partial charge in [0, 0.05) is 10.6 Å². The van der Waals surface area contributed by atoms with Crippen molar-refractivity contribution in [1.82, 2.24) is 0 Å². The van der Waals surface area contributed by atoms with Gasteiger partial charge in [-0.1, -0.05) is 83.9 Å². The smallest absolute Gasteiger partial charge is 0.119 e. The van der Waals surface area contributed by atoms with E-state index in [0.29, 0.717) is 27.8 Å². The number of halogens is 2. The van der Waals surface area contributed by atoms with E-state index in [1.54, 1.807) is 24.3 Å². The Morgan fingerprint density at radius 1 is 0.900 bits per heavy atom. The summed E-state index contributed by atoms with van der Waals surface area (Å²) in [6.45, 7) is 0.486. The Kier molecular flexibility index (Phi) is 6.05. The van der Waals surface area contributed by atoms with Crippen LogP contribution in [0.2, 0.25) is 10.0 Å². The average molecular weight is 430 g/mol. The van der Waals surface area contributed by atoms with Crippen molar-refractivity contribution in [2.24, 2.45) is 0 Å². The van der Waals surface area contributed by atoms with Crippen molar-refractivity contribution < 1.29 is 4.74 Å². The first-order valence-electron chi connectivity index (χ1n) is 9.41. The van der Waals surface area contributed by atoms with Crippen LogP contribution in [0.4, 0.5) is 0 Å². The van der Waals surface area contributed by atoms with Crippen molar-refractivity contribution in [3.63, 3.8) is 0 Å². The maximum Gasteiger partial charge on any atom is 0.119 e. The van der Waals surface area contributed by atoms with Crippen LogP contribution in [0.5, 0.6) is 5.75 Å². The van der Waals surface area contributed by atoms with E-state index in [4.69, 9.17) is 27.9 Å². The first-order chi connectivity index (χ1) is 14.6. The van der Waals surface area contributed by atoms with Crippen LogP contribution in [0, 0.1) is 11.3 Å². The molecule has 0 atom stereocenters. The first-order valence-corrected chi connectivity index (χ1v) is 10.2. The molecule has 4 heteroatoms. The molecule has 4 rings (SSSR count). The Morgan fingerprint density at radius 3 is 2.43 bits per heavy atom. The van der Waals surface area contributed by atoms with Crippen molar-refractivity contribution in [3.05, 3.63) is 112 Å². The Balaban J connectivity index is 1.51. The van der Waals surface area contributed by atoms with E-state index >= 15 is 0 Å². The number of rotatable bonds is 5. The first kappa shape index (κ1) is 20.0. The lowest BCUT2D eigenvalue weighted by atomic mass is 10.0. The lowest BCUT2D eigenvalue weighted by Crippen LogP contribution is -1.96. The molecule has 0 amide bonds. The highest BCUT2D eigenvalue weighted by atomic mass is 35.5. The highest BCUT2D eigenvalue weighted by Gasteiger charge is 2.07. The van der Waals surface area contributed by atoms with Crippen LogP contribution in [-0.2, 0) is 6.61 Å². The molecule has 4 aromatic carbocycles. The van der Waals surface area contributed by atoms with Gasteiger partial charge >= 0.3 is 0 Å². The number of hydrogen-bond donors (Lipinski definition) is 0. The van der Waals surface area contributed by atoms with Crippen LogP contribution in [-0.4, -0.2) is 0 Å². The second-order valence-electron chi connectivity index (χ2n) is 6.79. The van der Waals surface area contributed by atoms with Gasteiger partial charge < -0.3 is 4.74 Å². The number of allylic oxidation sites excluding steroid dienone is 1. The zero-order valence-corrected chi connectivity index (χ0v) is 17.5. The Hall–Kier alpha value is -3.25. The van der Waals surface area contributed by atoms with Crippen molar-refractivity contribution in [2.45, 2.75) is 6.61 Å². The molecule has 0 radical (unpaired) electrons. The third-order valence-electron chi connectivity index (χ3n) is 4.81. The number of hydrogen-bond acceptors (Lipinski definition) is 2. The van der Waals surface area contributed by atoms with Crippen molar-refractivity contribution >= 4 is 45.6 Å². The molecule has 0 aliphatic rings. The molecule has 0 unspecified atom stereocenters. The fourth-order valence-corrected chi connectivity index (χ4v) is 3.79. The molecule has 0 aromatic heterocycles. The lowest BCUT2D eigenvalue weighted by Gasteiger charge is -2.09. The summed E-state index contributed by atoms with van der Waals surface area (Å²) in [5, 5.41) is 12.9. The fourth-order valence-electron chi connectivity index (χ4n) is 3.28. The molecule has 2 nitrogen and oxygen atoms in total. The molecule has 0 aliphatic heterocycles. The van der Waals surface area contributed by atoms with Gasteiger partial charge in [0.05, 0.1) is 16.7 Å². The van der Waals surface area contributed by atoms with Gasteiger partial charge in [0.2, 0.25) is 0 Å². The standard InChI is InChI=1S/C26H17Cl2NO/c27-22-10-13-25(26(28)15-22)21(16-29)14-18-8-11-23(12-9-18)30-17-20-6-3-5-19-4-1-2-7-24(19)20/h1-15H,17H2/b21-14+. The number of fused-ring (bicyclic) bond motifs is 1. The summed E-state index contributed by atoms with van der Waals surface area (Å²) in [5.74, 6) is 0.767. The number of ether oxygens (including phenoxy) is 1. The molecule has 0 heterocycles. The Morgan fingerprint density at radius 2 is 1.67 bits per heavy atom.